The lowest BCUT2D eigenvalue weighted by atomic mass is 10.3. The molecule has 0 N–H and O–H groups in total. The van der Waals surface area contributed by atoms with E-state index in [0.29, 0.717) is 9.62 Å². The van der Waals surface area contributed by atoms with E-state index in [0.717, 1.165) is 31.0 Å². The predicted octanol–water partition coefficient (Wildman–Crippen LogP) is 0.557. The molecule has 0 atom stereocenters. The molecule has 0 amide bonds. The number of aromatic nitrogens is 4. The Morgan fingerprint density at radius 2 is 1.38 bits per heavy atom. The molecule has 2 aromatic heterocycles. The van der Waals surface area contributed by atoms with Gasteiger partial charge in [-0.2, -0.15) is 35.6 Å². The molecule has 0 aliphatic heterocycles. The lowest BCUT2D eigenvalue weighted by Crippen LogP contribution is -2.30. The van der Waals surface area contributed by atoms with E-state index < -0.39 is 20.4 Å². The minimum atomic E-state index is -3.43. The van der Waals surface area contributed by atoms with Gasteiger partial charge in [0.25, 0.3) is 0 Å². The third-order valence-corrected chi connectivity index (χ3v) is 8.02. The fourth-order valence-electron chi connectivity index (χ4n) is 1.92. The molecule has 13 heteroatoms. The summed E-state index contributed by atoms with van der Waals surface area (Å²) in [6.07, 6.45) is 5.11. The average Bonchev–Trinajstić information content (AvgIpc) is 3.09. The fourth-order valence-corrected chi connectivity index (χ4v) is 4.67. The van der Waals surface area contributed by atoms with Crippen LogP contribution in [0.1, 0.15) is 24.5 Å². The number of hydrogen-bond donors (Lipinski definition) is 0. The van der Waals surface area contributed by atoms with Gasteiger partial charge < -0.3 is 0 Å². The van der Waals surface area contributed by atoms with Crippen LogP contribution in [0.25, 0.3) is 0 Å². The molecular formula is C13H21IN6O4S2. The largest absolute Gasteiger partial charge is 0.323 e. The topological polar surface area (TPSA) is 110 Å². The van der Waals surface area contributed by atoms with Gasteiger partial charge in [-0.15, -0.1) is 8.17 Å². The Labute approximate surface area is 167 Å². The molecule has 0 radical (unpaired) electrons. The van der Waals surface area contributed by atoms with E-state index in [1.54, 1.807) is 12.1 Å². The number of halogens is 1. The Balaban J connectivity index is 0.000000190. The van der Waals surface area contributed by atoms with Crippen molar-refractivity contribution in [2.45, 2.75) is 18.8 Å². The summed E-state index contributed by atoms with van der Waals surface area (Å²) in [6.45, 7) is 0. The van der Waals surface area contributed by atoms with E-state index in [1.165, 1.54) is 44.9 Å². The van der Waals surface area contributed by atoms with Crippen LogP contribution in [0.3, 0.4) is 0 Å². The zero-order chi connectivity index (χ0) is 19.7. The van der Waals surface area contributed by atoms with Gasteiger partial charge in [0, 0.05) is 34.1 Å². The van der Waals surface area contributed by atoms with Crippen LogP contribution < -0.4 is 0 Å². The second-order valence-corrected chi connectivity index (χ2v) is 11.0. The van der Waals surface area contributed by atoms with Crippen molar-refractivity contribution in [3.63, 3.8) is 0 Å². The minimum absolute atomic E-state index is 0.382. The molecule has 1 aliphatic carbocycles. The first kappa shape index (κ1) is 21.3. The van der Waals surface area contributed by atoms with E-state index in [9.17, 15) is 16.8 Å². The SMILES string of the molecule is CN(C)S(=O)(=O)n1nccc1C1CC1.CN(C)S(=O)(=O)n1nccc1I. The highest BCUT2D eigenvalue weighted by Crippen LogP contribution is 2.40. The molecule has 0 unspecified atom stereocenters. The van der Waals surface area contributed by atoms with Crippen molar-refractivity contribution in [1.29, 1.82) is 0 Å². The zero-order valence-corrected chi connectivity index (χ0v) is 18.6. The van der Waals surface area contributed by atoms with Crippen molar-refractivity contribution in [2.24, 2.45) is 0 Å². The Morgan fingerprint density at radius 1 is 0.923 bits per heavy atom. The summed E-state index contributed by atoms with van der Waals surface area (Å²) in [5.41, 5.74) is 0.804. The number of rotatable bonds is 5. The molecular weight excluding hydrogens is 495 g/mol. The van der Waals surface area contributed by atoms with Gasteiger partial charge >= 0.3 is 20.4 Å². The molecule has 1 fully saturated rings. The zero-order valence-electron chi connectivity index (χ0n) is 14.8. The summed E-state index contributed by atoms with van der Waals surface area (Å²) >= 11 is 1.91. The van der Waals surface area contributed by atoms with Crippen molar-refractivity contribution in [3.05, 3.63) is 33.9 Å². The predicted molar refractivity (Wildman–Crippen MR) is 105 cm³/mol. The third kappa shape index (κ3) is 4.44. The van der Waals surface area contributed by atoms with E-state index >= 15 is 0 Å². The Hall–Kier alpha value is -1.03. The van der Waals surface area contributed by atoms with Crippen LogP contribution in [0.2, 0.25) is 0 Å². The smallest absolute Gasteiger partial charge is 0.189 e. The van der Waals surface area contributed by atoms with Crippen LogP contribution in [-0.2, 0) is 20.4 Å². The van der Waals surface area contributed by atoms with E-state index in [-0.39, 0.29) is 0 Å². The van der Waals surface area contributed by atoms with Crippen LogP contribution in [0, 0.1) is 3.70 Å². The van der Waals surface area contributed by atoms with Crippen molar-refractivity contribution in [2.75, 3.05) is 28.2 Å². The lowest BCUT2D eigenvalue weighted by Gasteiger charge is -2.13. The van der Waals surface area contributed by atoms with Crippen molar-refractivity contribution in [3.8, 4) is 0 Å². The van der Waals surface area contributed by atoms with E-state index in [4.69, 9.17) is 0 Å². The molecule has 146 valence electrons. The molecule has 26 heavy (non-hydrogen) atoms. The maximum atomic E-state index is 11.8. The monoisotopic (exact) mass is 516 g/mol. The van der Waals surface area contributed by atoms with E-state index in [1.807, 2.05) is 22.6 Å². The van der Waals surface area contributed by atoms with Gasteiger partial charge in [0.1, 0.15) is 3.70 Å². The third-order valence-electron chi connectivity index (χ3n) is 3.56. The average molecular weight is 516 g/mol. The highest BCUT2D eigenvalue weighted by atomic mass is 127. The van der Waals surface area contributed by atoms with Crippen LogP contribution >= 0.6 is 22.6 Å². The molecule has 0 spiro atoms. The van der Waals surface area contributed by atoms with Crippen molar-refractivity contribution in [1.82, 2.24) is 27.0 Å². The van der Waals surface area contributed by atoms with Gasteiger partial charge in [0.05, 0.1) is 18.1 Å². The van der Waals surface area contributed by atoms with Gasteiger partial charge in [-0.05, 0) is 47.6 Å². The molecule has 0 aromatic carbocycles. The van der Waals surface area contributed by atoms with Gasteiger partial charge in [0.15, 0.2) is 0 Å². The second-order valence-electron chi connectivity index (χ2n) is 5.95. The van der Waals surface area contributed by atoms with Crippen LogP contribution in [0.5, 0.6) is 0 Å². The van der Waals surface area contributed by atoms with Gasteiger partial charge in [0.2, 0.25) is 0 Å². The van der Waals surface area contributed by atoms with Gasteiger partial charge in [-0.1, -0.05) is 0 Å². The first-order valence-corrected chi connectivity index (χ1v) is 11.5. The van der Waals surface area contributed by atoms with Crippen molar-refractivity contribution >= 4 is 43.0 Å². The summed E-state index contributed by atoms with van der Waals surface area (Å²) < 4.78 is 51.4. The molecule has 2 aromatic rings. The molecule has 3 rings (SSSR count). The van der Waals surface area contributed by atoms with Crippen LogP contribution in [-0.4, -0.2) is 72.0 Å². The van der Waals surface area contributed by atoms with Gasteiger partial charge in [-0.3, -0.25) is 0 Å². The molecule has 2 heterocycles. The molecule has 10 nitrogen and oxygen atoms in total. The molecule has 0 saturated heterocycles. The molecule has 1 saturated carbocycles. The first-order valence-electron chi connectivity index (χ1n) is 7.59. The lowest BCUT2D eigenvalue weighted by molar-refractivity contribution is 0.500. The highest BCUT2D eigenvalue weighted by Gasteiger charge is 2.31. The normalized spacial score (nSPS) is 15.2. The minimum Gasteiger partial charge on any atom is -0.189 e. The number of hydrogen-bond acceptors (Lipinski definition) is 6. The van der Waals surface area contributed by atoms with E-state index in [2.05, 4.69) is 10.2 Å². The van der Waals surface area contributed by atoms with Crippen LogP contribution in [0.4, 0.5) is 0 Å². The van der Waals surface area contributed by atoms with Gasteiger partial charge in [-0.25, -0.2) is 0 Å². The Bertz CT molecular complexity index is 960. The number of nitrogens with zero attached hydrogens (tertiary/aromatic N) is 6. The Morgan fingerprint density at radius 3 is 1.81 bits per heavy atom. The summed E-state index contributed by atoms with van der Waals surface area (Å²) in [5, 5.41) is 7.55. The van der Waals surface area contributed by atoms with Crippen molar-refractivity contribution < 1.29 is 16.8 Å². The summed E-state index contributed by atoms with van der Waals surface area (Å²) in [4.78, 5) is 0. The van der Waals surface area contributed by atoms with Crippen LogP contribution in [0.15, 0.2) is 24.5 Å². The summed E-state index contributed by atoms with van der Waals surface area (Å²) in [5.74, 6) is 0.382. The first-order chi connectivity index (χ1) is 12.0. The quantitative estimate of drug-likeness (QED) is 0.538. The maximum absolute atomic E-state index is 11.8. The Kier molecular flexibility index (Phi) is 6.48. The molecule has 1 aliphatic rings. The standard InChI is InChI=1S/C8H13N3O2S.C5H8IN3O2S/c1-10(2)14(12,13)11-8(5-6-9-11)7-3-4-7;1-8(2)12(10,11)9-5(6)3-4-7-9/h5-7H,3-4H2,1-2H3;3-4H,1-2H3. The second kappa shape index (κ2) is 7.92. The maximum Gasteiger partial charge on any atom is 0.323 e. The fraction of sp³-hybridized carbons (Fsp3) is 0.538. The summed E-state index contributed by atoms with van der Waals surface area (Å²) in [7, 11) is -0.917. The highest BCUT2D eigenvalue weighted by molar-refractivity contribution is 14.1. The molecule has 0 bridgehead atoms. The summed E-state index contributed by atoms with van der Waals surface area (Å²) in [6, 6.07) is 3.40.